The molecule has 2 fully saturated rings. The van der Waals surface area contributed by atoms with Crippen LogP contribution < -0.4 is 16.0 Å². The van der Waals surface area contributed by atoms with E-state index < -0.39 is 15.9 Å². The van der Waals surface area contributed by atoms with Crippen LogP contribution in [0.2, 0.25) is 0 Å². The van der Waals surface area contributed by atoms with Gasteiger partial charge in [0.25, 0.3) is 0 Å². The summed E-state index contributed by atoms with van der Waals surface area (Å²) < 4.78 is 24.6. The second-order valence-electron chi connectivity index (χ2n) is 12.8. The quantitative estimate of drug-likeness (QED) is 0.263. The lowest BCUT2D eigenvalue weighted by Gasteiger charge is -2.32. The number of nitrogens with one attached hydrogen (secondary N) is 3. The van der Waals surface area contributed by atoms with E-state index in [0.29, 0.717) is 44.0 Å². The smallest absolute Gasteiger partial charge is 0.247 e. The Labute approximate surface area is 271 Å². The molecule has 0 bridgehead atoms. The Morgan fingerprint density at radius 2 is 1.80 bits per heavy atom. The van der Waals surface area contributed by atoms with Crippen molar-refractivity contribution >= 4 is 49.1 Å². The van der Waals surface area contributed by atoms with Crippen molar-refractivity contribution in [2.45, 2.75) is 90.1 Å². The molecule has 45 heavy (non-hydrogen) atoms. The van der Waals surface area contributed by atoms with E-state index in [4.69, 9.17) is 4.98 Å². The SMILES string of the molecule is C=C(CN1CCS(=O)(=O)CC1)C(=O)NC[C@@H](NC(=O)[C@H](Cc1nc2ccc(C(C)C)cc2s1)NC(=O)CCC)C1CCCCC1. The molecule has 1 aromatic heterocycles. The molecule has 0 radical (unpaired) electrons. The number of sulfone groups is 1. The molecule has 2 atom stereocenters. The van der Waals surface area contributed by atoms with Crippen LogP contribution in [0.3, 0.4) is 0 Å². The summed E-state index contributed by atoms with van der Waals surface area (Å²) in [5, 5.41) is 9.91. The van der Waals surface area contributed by atoms with Gasteiger partial charge in [0.15, 0.2) is 9.84 Å². The van der Waals surface area contributed by atoms with Gasteiger partial charge in [-0.2, -0.15) is 0 Å². The molecule has 2 aliphatic rings. The number of carbonyl (C=O) groups excluding carboxylic acids is 3. The van der Waals surface area contributed by atoms with Crippen molar-refractivity contribution in [3.05, 3.63) is 40.9 Å². The fourth-order valence-corrected chi connectivity index (χ4v) is 8.38. The van der Waals surface area contributed by atoms with Gasteiger partial charge in [-0.05, 0) is 48.8 Å². The molecule has 0 unspecified atom stereocenters. The number of thiazole rings is 1. The van der Waals surface area contributed by atoms with Crippen LogP contribution in [0, 0.1) is 5.92 Å². The third-order valence-corrected chi connectivity index (χ3v) is 11.5. The molecule has 3 N–H and O–H groups in total. The van der Waals surface area contributed by atoms with Crippen LogP contribution in [0.25, 0.3) is 10.2 Å². The standard InChI is InChI=1S/C33H49N5O5S2/c1-5-9-30(39)35-27(19-31-36-26-13-12-25(22(2)3)18-29(26)44-31)33(41)37-28(24-10-7-6-8-11-24)20-34-32(40)23(4)21-38-14-16-45(42,43)17-15-38/h12-13,18,22,24,27-28H,4-11,14-17,19-21H2,1-3H3,(H,34,40)(H,35,39)(H,37,41)/t27-,28+/m0/s1. The van der Waals surface area contributed by atoms with Gasteiger partial charge in [0, 0.05) is 50.6 Å². The Kier molecular flexibility index (Phi) is 12.6. The second-order valence-corrected chi connectivity index (χ2v) is 16.2. The first kappa shape index (κ1) is 35.0. The van der Waals surface area contributed by atoms with Gasteiger partial charge in [-0.3, -0.25) is 19.3 Å². The predicted molar refractivity (Wildman–Crippen MR) is 180 cm³/mol. The Morgan fingerprint density at radius 3 is 2.47 bits per heavy atom. The zero-order chi connectivity index (χ0) is 32.6. The first-order valence-electron chi connectivity index (χ1n) is 16.3. The van der Waals surface area contributed by atoms with Gasteiger partial charge in [-0.1, -0.05) is 52.7 Å². The highest BCUT2D eigenvalue weighted by molar-refractivity contribution is 7.91. The minimum Gasteiger partial charge on any atom is -0.350 e. The fourth-order valence-electron chi connectivity index (χ4n) is 6.05. The van der Waals surface area contributed by atoms with E-state index >= 15 is 0 Å². The van der Waals surface area contributed by atoms with E-state index in [-0.39, 0.29) is 54.2 Å². The first-order valence-corrected chi connectivity index (χ1v) is 19.0. The number of amides is 3. The highest BCUT2D eigenvalue weighted by Crippen LogP contribution is 2.28. The number of hydrogen-bond donors (Lipinski definition) is 3. The lowest BCUT2D eigenvalue weighted by atomic mass is 9.83. The Bertz CT molecular complexity index is 1450. The Morgan fingerprint density at radius 1 is 1.09 bits per heavy atom. The molecule has 10 nitrogen and oxygen atoms in total. The number of hydrogen-bond acceptors (Lipinski definition) is 8. The largest absolute Gasteiger partial charge is 0.350 e. The fraction of sp³-hybridized carbons (Fsp3) is 0.636. The summed E-state index contributed by atoms with van der Waals surface area (Å²) in [7, 11) is -3.01. The molecule has 1 aromatic carbocycles. The van der Waals surface area contributed by atoms with Gasteiger partial charge in [0.2, 0.25) is 17.7 Å². The molecule has 2 aromatic rings. The minimum atomic E-state index is -3.01. The van der Waals surface area contributed by atoms with E-state index in [2.05, 4.69) is 48.5 Å². The first-order chi connectivity index (χ1) is 21.4. The maximum Gasteiger partial charge on any atom is 0.247 e. The van der Waals surface area contributed by atoms with Crippen LogP contribution in [0.1, 0.15) is 82.2 Å². The number of fused-ring (bicyclic) bond motifs is 1. The number of aromatic nitrogens is 1. The molecule has 4 rings (SSSR count). The number of benzene rings is 1. The molecule has 3 amide bonds. The van der Waals surface area contributed by atoms with E-state index in [0.717, 1.165) is 47.3 Å². The van der Waals surface area contributed by atoms with Gasteiger partial charge in [0.1, 0.15) is 6.04 Å². The van der Waals surface area contributed by atoms with Crippen LogP contribution in [0.5, 0.6) is 0 Å². The maximum atomic E-state index is 13.9. The summed E-state index contributed by atoms with van der Waals surface area (Å²) in [5.41, 5.74) is 2.48. The van der Waals surface area contributed by atoms with Crippen molar-refractivity contribution in [2.75, 3.05) is 37.7 Å². The average Bonchev–Trinajstić information content (AvgIpc) is 3.42. The van der Waals surface area contributed by atoms with Gasteiger partial charge >= 0.3 is 0 Å². The summed E-state index contributed by atoms with van der Waals surface area (Å²) >= 11 is 1.55. The second kappa shape index (κ2) is 16.1. The van der Waals surface area contributed by atoms with Gasteiger partial charge < -0.3 is 16.0 Å². The van der Waals surface area contributed by atoms with Crippen molar-refractivity contribution in [2.24, 2.45) is 5.92 Å². The lowest BCUT2D eigenvalue weighted by Crippen LogP contribution is -2.55. The van der Waals surface area contributed by atoms with Crippen LogP contribution >= 0.6 is 11.3 Å². The highest BCUT2D eigenvalue weighted by Gasteiger charge is 2.30. The van der Waals surface area contributed by atoms with Gasteiger partial charge in [-0.25, -0.2) is 13.4 Å². The molecule has 1 aliphatic carbocycles. The zero-order valence-electron chi connectivity index (χ0n) is 26.9. The minimum absolute atomic E-state index is 0.0870. The monoisotopic (exact) mass is 659 g/mol. The van der Waals surface area contributed by atoms with E-state index in [1.54, 1.807) is 11.3 Å². The molecule has 2 heterocycles. The number of nitrogens with zero attached hydrogens (tertiary/aromatic N) is 2. The Hall–Kier alpha value is -2.83. The molecule has 248 valence electrons. The van der Waals surface area contributed by atoms with Crippen LogP contribution in [-0.4, -0.2) is 85.8 Å². The van der Waals surface area contributed by atoms with Gasteiger partial charge in [0.05, 0.1) is 26.7 Å². The summed E-state index contributed by atoms with van der Waals surface area (Å²) in [6, 6.07) is 5.15. The van der Waals surface area contributed by atoms with Crippen molar-refractivity contribution in [3.63, 3.8) is 0 Å². The van der Waals surface area contributed by atoms with Crippen molar-refractivity contribution in [1.82, 2.24) is 25.8 Å². The highest BCUT2D eigenvalue weighted by atomic mass is 32.2. The van der Waals surface area contributed by atoms with E-state index in [1.807, 2.05) is 17.9 Å². The summed E-state index contributed by atoms with van der Waals surface area (Å²) in [6.45, 7) is 11.5. The third-order valence-electron chi connectivity index (χ3n) is 8.83. The van der Waals surface area contributed by atoms with E-state index in [1.165, 1.54) is 5.56 Å². The van der Waals surface area contributed by atoms with Crippen LogP contribution in [0.15, 0.2) is 30.4 Å². The van der Waals surface area contributed by atoms with Crippen LogP contribution in [0.4, 0.5) is 0 Å². The van der Waals surface area contributed by atoms with Crippen molar-refractivity contribution in [1.29, 1.82) is 0 Å². The Balaban J connectivity index is 1.44. The molecular formula is C33H49N5O5S2. The number of rotatable bonds is 14. The maximum absolute atomic E-state index is 13.9. The average molecular weight is 660 g/mol. The summed E-state index contributed by atoms with van der Waals surface area (Å²) in [5.74, 6) is 0.0107. The van der Waals surface area contributed by atoms with Crippen LogP contribution in [-0.2, 0) is 30.6 Å². The van der Waals surface area contributed by atoms with E-state index in [9.17, 15) is 22.8 Å². The molecule has 1 aliphatic heterocycles. The summed E-state index contributed by atoms with van der Waals surface area (Å²) in [4.78, 5) is 46.3. The topological polar surface area (TPSA) is 138 Å². The van der Waals surface area contributed by atoms with Crippen molar-refractivity contribution < 1.29 is 22.8 Å². The zero-order valence-corrected chi connectivity index (χ0v) is 28.5. The lowest BCUT2D eigenvalue weighted by molar-refractivity contribution is -0.129. The molecule has 1 saturated heterocycles. The van der Waals surface area contributed by atoms with Gasteiger partial charge in [-0.15, -0.1) is 11.3 Å². The predicted octanol–water partition coefficient (Wildman–Crippen LogP) is 3.72. The normalized spacial score (nSPS) is 18.8. The molecule has 1 saturated carbocycles. The summed E-state index contributed by atoms with van der Waals surface area (Å²) in [6.07, 6.45) is 6.47. The number of carbonyl (C=O) groups is 3. The van der Waals surface area contributed by atoms with Crippen molar-refractivity contribution in [3.8, 4) is 0 Å². The molecule has 12 heteroatoms. The molecule has 0 spiro atoms. The third kappa shape index (κ3) is 10.3. The molecular weight excluding hydrogens is 611 g/mol.